The second kappa shape index (κ2) is 8.05. The molecule has 27 heavy (non-hydrogen) atoms. The van der Waals surface area contributed by atoms with Crippen LogP contribution in [0.3, 0.4) is 0 Å². The van der Waals surface area contributed by atoms with Gasteiger partial charge in [0.25, 0.3) is 11.8 Å². The molecule has 0 unspecified atom stereocenters. The maximum absolute atomic E-state index is 13.2. The molecule has 2 aromatic carbocycles. The molecule has 138 valence electrons. The van der Waals surface area contributed by atoms with Gasteiger partial charge in [-0.1, -0.05) is 30.3 Å². The van der Waals surface area contributed by atoms with Gasteiger partial charge in [-0.15, -0.1) is 11.3 Å². The summed E-state index contributed by atoms with van der Waals surface area (Å²) in [5.74, 6) is -2.81. The molecule has 0 aliphatic carbocycles. The Morgan fingerprint density at radius 3 is 2.37 bits per heavy atom. The van der Waals surface area contributed by atoms with Gasteiger partial charge in [-0.05, 0) is 24.6 Å². The van der Waals surface area contributed by atoms with Crippen LogP contribution in [-0.4, -0.2) is 16.8 Å². The number of aromatic nitrogens is 1. The van der Waals surface area contributed by atoms with E-state index in [0.29, 0.717) is 6.07 Å². The topological polar surface area (TPSA) is 71.1 Å². The van der Waals surface area contributed by atoms with Crippen LogP contribution >= 0.6 is 11.3 Å². The predicted octanol–water partition coefficient (Wildman–Crippen LogP) is 4.16. The molecule has 8 heteroatoms. The lowest BCUT2D eigenvalue weighted by Gasteiger charge is -2.13. The molecule has 0 aliphatic rings. The number of anilines is 1. The number of nitrogens with zero attached hydrogens (tertiary/aromatic N) is 1. The second-order valence-corrected chi connectivity index (χ2v) is 6.61. The predicted molar refractivity (Wildman–Crippen MR) is 98.7 cm³/mol. The molecule has 5 nitrogen and oxygen atoms in total. The minimum atomic E-state index is -0.853. The van der Waals surface area contributed by atoms with E-state index in [4.69, 9.17) is 0 Å². The largest absolute Gasteiger partial charge is 0.344 e. The molecule has 1 atom stereocenters. The van der Waals surface area contributed by atoms with Crippen LogP contribution in [0.2, 0.25) is 0 Å². The number of amides is 2. The molecule has 0 radical (unpaired) electrons. The first-order valence-electron chi connectivity index (χ1n) is 8.01. The number of carbonyl (C=O) groups is 2. The van der Waals surface area contributed by atoms with Gasteiger partial charge in [0.1, 0.15) is 17.3 Å². The number of thiazole rings is 1. The highest BCUT2D eigenvalue weighted by Gasteiger charge is 2.16. The quantitative estimate of drug-likeness (QED) is 0.690. The average molecular weight is 387 g/mol. The summed E-state index contributed by atoms with van der Waals surface area (Å²) in [7, 11) is 0. The minimum absolute atomic E-state index is 0.142. The molecule has 2 N–H and O–H groups in total. The lowest BCUT2D eigenvalue weighted by atomic mass is 10.1. The van der Waals surface area contributed by atoms with Crippen LogP contribution in [-0.2, 0) is 0 Å². The highest BCUT2D eigenvalue weighted by molar-refractivity contribution is 7.14. The van der Waals surface area contributed by atoms with Crippen molar-refractivity contribution in [1.82, 2.24) is 10.3 Å². The van der Waals surface area contributed by atoms with Gasteiger partial charge in [-0.2, -0.15) is 0 Å². The minimum Gasteiger partial charge on any atom is -0.344 e. The molecular weight excluding hydrogens is 372 g/mol. The lowest BCUT2D eigenvalue weighted by Crippen LogP contribution is -2.27. The molecule has 0 fully saturated rings. The first-order chi connectivity index (χ1) is 12.9. The van der Waals surface area contributed by atoms with Gasteiger partial charge >= 0.3 is 0 Å². The van der Waals surface area contributed by atoms with Gasteiger partial charge in [0.2, 0.25) is 0 Å². The fourth-order valence-electron chi connectivity index (χ4n) is 2.39. The molecule has 3 rings (SSSR count). The van der Waals surface area contributed by atoms with Crippen molar-refractivity contribution in [1.29, 1.82) is 0 Å². The number of rotatable bonds is 5. The van der Waals surface area contributed by atoms with Crippen molar-refractivity contribution in [2.45, 2.75) is 13.0 Å². The molecular formula is C19H15F2N3O2S. The zero-order valence-corrected chi connectivity index (χ0v) is 15.0. The highest BCUT2D eigenvalue weighted by Crippen LogP contribution is 2.19. The Balaban J connectivity index is 1.65. The molecule has 3 aromatic rings. The monoisotopic (exact) mass is 387 g/mol. The standard InChI is InChI=1S/C19H15F2N3O2S/c1-11(12-5-3-2-4-6-12)22-18(26)16-10-27-19(23-16)24-17(25)13-7-14(20)9-15(21)8-13/h2-11H,1H3,(H,22,26)(H,23,24,25)/t11-/m1/s1. The van der Waals surface area contributed by atoms with Crippen LogP contribution in [0.15, 0.2) is 53.9 Å². The summed E-state index contributed by atoms with van der Waals surface area (Å²) >= 11 is 1.04. The maximum Gasteiger partial charge on any atom is 0.271 e. The Kier molecular flexibility index (Phi) is 5.56. The van der Waals surface area contributed by atoms with Gasteiger partial charge in [0.05, 0.1) is 6.04 Å². The summed E-state index contributed by atoms with van der Waals surface area (Å²) in [6.45, 7) is 1.85. The van der Waals surface area contributed by atoms with Crippen LogP contribution < -0.4 is 10.6 Å². The first kappa shape index (κ1) is 18.7. The van der Waals surface area contributed by atoms with Crippen LogP contribution in [0.4, 0.5) is 13.9 Å². The average Bonchev–Trinajstić information content (AvgIpc) is 3.10. The lowest BCUT2D eigenvalue weighted by molar-refractivity contribution is 0.0934. The Hall–Kier alpha value is -3.13. The third-order valence-electron chi connectivity index (χ3n) is 3.73. The number of hydrogen-bond acceptors (Lipinski definition) is 4. The molecule has 1 aromatic heterocycles. The van der Waals surface area contributed by atoms with Gasteiger partial charge in [0.15, 0.2) is 5.13 Å². The highest BCUT2D eigenvalue weighted by atomic mass is 32.1. The molecule has 0 aliphatic heterocycles. The third kappa shape index (κ3) is 4.73. The van der Waals surface area contributed by atoms with E-state index in [1.807, 2.05) is 37.3 Å². The van der Waals surface area contributed by atoms with Crippen molar-refractivity contribution in [2.75, 3.05) is 5.32 Å². The van der Waals surface area contributed by atoms with Crippen molar-refractivity contribution in [3.8, 4) is 0 Å². The fourth-order valence-corrected chi connectivity index (χ4v) is 3.07. The van der Waals surface area contributed by atoms with Crippen molar-refractivity contribution >= 4 is 28.3 Å². The van der Waals surface area contributed by atoms with E-state index in [-0.39, 0.29) is 28.3 Å². The first-order valence-corrected chi connectivity index (χ1v) is 8.89. The van der Waals surface area contributed by atoms with E-state index in [1.54, 1.807) is 0 Å². The Bertz CT molecular complexity index is 956. The van der Waals surface area contributed by atoms with E-state index in [9.17, 15) is 18.4 Å². The Labute approximate surface area is 158 Å². The summed E-state index contributed by atoms with van der Waals surface area (Å²) < 4.78 is 26.4. The van der Waals surface area contributed by atoms with Crippen molar-refractivity contribution in [3.05, 3.63) is 82.4 Å². The van der Waals surface area contributed by atoms with Crippen LogP contribution in [0.25, 0.3) is 0 Å². The third-order valence-corrected chi connectivity index (χ3v) is 4.49. The molecule has 0 saturated heterocycles. The van der Waals surface area contributed by atoms with Gasteiger partial charge < -0.3 is 5.32 Å². The van der Waals surface area contributed by atoms with E-state index in [0.717, 1.165) is 29.0 Å². The summed E-state index contributed by atoms with van der Waals surface area (Å²) in [4.78, 5) is 28.4. The van der Waals surface area contributed by atoms with Crippen molar-refractivity contribution in [2.24, 2.45) is 0 Å². The van der Waals surface area contributed by atoms with Crippen molar-refractivity contribution in [3.63, 3.8) is 0 Å². The molecule has 0 bridgehead atoms. The SMILES string of the molecule is C[C@@H](NC(=O)c1csc(NC(=O)c2cc(F)cc(F)c2)n1)c1ccccc1. The second-order valence-electron chi connectivity index (χ2n) is 5.76. The van der Waals surface area contributed by atoms with Crippen LogP contribution in [0.1, 0.15) is 39.4 Å². The van der Waals surface area contributed by atoms with Crippen molar-refractivity contribution < 1.29 is 18.4 Å². The van der Waals surface area contributed by atoms with E-state index in [1.165, 1.54) is 5.38 Å². The number of benzene rings is 2. The van der Waals surface area contributed by atoms with Gasteiger partial charge in [-0.25, -0.2) is 13.8 Å². The molecule has 1 heterocycles. The summed E-state index contributed by atoms with van der Waals surface area (Å²) in [5.41, 5.74) is 0.914. The fraction of sp³-hybridized carbons (Fsp3) is 0.105. The number of carbonyl (C=O) groups excluding carboxylic acids is 2. The Morgan fingerprint density at radius 1 is 1.04 bits per heavy atom. The summed E-state index contributed by atoms with van der Waals surface area (Å²) in [6.07, 6.45) is 0. The number of halogens is 2. The van der Waals surface area contributed by atoms with E-state index >= 15 is 0 Å². The van der Waals surface area contributed by atoms with E-state index < -0.39 is 17.5 Å². The summed E-state index contributed by atoms with van der Waals surface area (Å²) in [6, 6.07) is 11.7. The van der Waals surface area contributed by atoms with E-state index in [2.05, 4.69) is 15.6 Å². The summed E-state index contributed by atoms with van der Waals surface area (Å²) in [5, 5.41) is 6.90. The molecule has 2 amide bonds. The maximum atomic E-state index is 13.2. The van der Waals surface area contributed by atoms with Gasteiger partial charge in [0, 0.05) is 17.0 Å². The normalized spacial score (nSPS) is 11.7. The molecule has 0 spiro atoms. The van der Waals surface area contributed by atoms with Gasteiger partial charge in [-0.3, -0.25) is 14.9 Å². The number of nitrogens with one attached hydrogen (secondary N) is 2. The zero-order chi connectivity index (χ0) is 19.4. The Morgan fingerprint density at radius 2 is 1.70 bits per heavy atom. The number of hydrogen-bond donors (Lipinski definition) is 2. The van der Waals surface area contributed by atoms with Crippen LogP contribution in [0, 0.1) is 11.6 Å². The molecule has 0 saturated carbocycles. The van der Waals surface area contributed by atoms with Crippen LogP contribution in [0.5, 0.6) is 0 Å². The smallest absolute Gasteiger partial charge is 0.271 e. The zero-order valence-electron chi connectivity index (χ0n) is 14.2.